The molecule has 1 fully saturated rings. The lowest BCUT2D eigenvalue weighted by molar-refractivity contribution is -0.124. The molecule has 2 aromatic heterocycles. The molecular weight excluding hydrogens is 460 g/mol. The molecule has 1 aliphatic heterocycles. The minimum Gasteiger partial charge on any atom is -0.454 e. The SMILES string of the molecule is [B]c1cccc(Oc2ccc(-n3cc([C@@H]4CCN(C(=O)C#CC)C4)c4c(=O)[nH]nc(N)c43)cc2)c1F. The first-order chi connectivity index (χ1) is 17.4. The Kier molecular flexibility index (Phi) is 5.98. The molecule has 10 heteroatoms. The Morgan fingerprint density at radius 3 is 2.81 bits per heavy atom. The molecule has 0 bridgehead atoms. The number of hydrogen-bond donors (Lipinski definition) is 2. The number of nitrogens with one attached hydrogen (secondary N) is 1. The average molecular weight is 481 g/mol. The minimum atomic E-state index is -0.630. The molecule has 3 heterocycles. The Morgan fingerprint density at radius 2 is 2.06 bits per heavy atom. The van der Waals surface area contributed by atoms with E-state index >= 15 is 0 Å². The summed E-state index contributed by atoms with van der Waals surface area (Å²) < 4.78 is 21.7. The van der Waals surface area contributed by atoms with Gasteiger partial charge in [-0.2, -0.15) is 5.10 Å². The van der Waals surface area contributed by atoms with Gasteiger partial charge in [0.05, 0.1) is 5.39 Å². The highest BCUT2D eigenvalue weighted by Gasteiger charge is 2.30. The Hall–Kier alpha value is -4.52. The van der Waals surface area contributed by atoms with Gasteiger partial charge in [0.2, 0.25) is 0 Å². The fourth-order valence-electron chi connectivity index (χ4n) is 4.54. The van der Waals surface area contributed by atoms with Crippen molar-refractivity contribution >= 4 is 35.9 Å². The maximum absolute atomic E-state index is 14.2. The summed E-state index contributed by atoms with van der Waals surface area (Å²) in [7, 11) is 5.62. The van der Waals surface area contributed by atoms with Gasteiger partial charge in [-0.3, -0.25) is 9.59 Å². The molecule has 3 N–H and O–H groups in total. The second-order valence-electron chi connectivity index (χ2n) is 8.48. The minimum absolute atomic E-state index is 0.00225. The molecule has 36 heavy (non-hydrogen) atoms. The van der Waals surface area contributed by atoms with E-state index < -0.39 is 5.82 Å². The van der Waals surface area contributed by atoms with Crippen molar-refractivity contribution in [2.24, 2.45) is 0 Å². The van der Waals surface area contributed by atoms with E-state index in [4.69, 9.17) is 18.3 Å². The number of H-pyrrole nitrogens is 1. The first-order valence-corrected chi connectivity index (χ1v) is 11.3. The fraction of sp³-hybridized carbons (Fsp3) is 0.192. The molecule has 178 valence electrons. The van der Waals surface area contributed by atoms with E-state index in [1.807, 2.05) is 6.20 Å². The molecule has 1 saturated heterocycles. The zero-order valence-electron chi connectivity index (χ0n) is 19.4. The van der Waals surface area contributed by atoms with Crippen LogP contribution in [0.4, 0.5) is 10.2 Å². The van der Waals surface area contributed by atoms with E-state index in [0.29, 0.717) is 41.9 Å². The van der Waals surface area contributed by atoms with Gasteiger partial charge in [0.15, 0.2) is 17.4 Å². The lowest BCUT2D eigenvalue weighted by Crippen LogP contribution is -2.27. The fourth-order valence-corrected chi connectivity index (χ4v) is 4.54. The van der Waals surface area contributed by atoms with E-state index in [-0.39, 0.29) is 34.4 Å². The van der Waals surface area contributed by atoms with E-state index in [2.05, 4.69) is 22.0 Å². The van der Waals surface area contributed by atoms with Crippen molar-refractivity contribution in [3.05, 3.63) is 70.4 Å². The van der Waals surface area contributed by atoms with Crippen molar-refractivity contribution in [1.82, 2.24) is 19.7 Å². The molecule has 1 aliphatic rings. The van der Waals surface area contributed by atoms with Crippen LogP contribution in [0.1, 0.15) is 24.8 Å². The van der Waals surface area contributed by atoms with Crippen LogP contribution in [-0.4, -0.2) is 46.5 Å². The molecule has 0 saturated carbocycles. The van der Waals surface area contributed by atoms with Crippen LogP contribution in [0.25, 0.3) is 16.6 Å². The highest BCUT2D eigenvalue weighted by atomic mass is 19.1. The number of nitrogen functional groups attached to an aromatic ring is 1. The van der Waals surface area contributed by atoms with Crippen LogP contribution in [-0.2, 0) is 4.79 Å². The Morgan fingerprint density at radius 1 is 1.28 bits per heavy atom. The number of aromatic amines is 1. The van der Waals surface area contributed by atoms with Crippen molar-refractivity contribution < 1.29 is 13.9 Å². The van der Waals surface area contributed by atoms with Crippen LogP contribution in [0.2, 0.25) is 0 Å². The number of carbonyl (C=O) groups excluding carboxylic acids is 1. The number of nitrogens with two attached hydrogens (primary N) is 1. The highest BCUT2D eigenvalue weighted by molar-refractivity contribution is 6.32. The van der Waals surface area contributed by atoms with Gasteiger partial charge in [-0.05, 0) is 55.2 Å². The predicted octanol–water partition coefficient (Wildman–Crippen LogP) is 2.36. The number of benzene rings is 2. The van der Waals surface area contributed by atoms with Crippen molar-refractivity contribution in [1.29, 1.82) is 0 Å². The second kappa shape index (κ2) is 9.26. The van der Waals surface area contributed by atoms with E-state index in [1.54, 1.807) is 46.7 Å². The number of hydrogen-bond acceptors (Lipinski definition) is 5. The zero-order chi connectivity index (χ0) is 25.4. The maximum atomic E-state index is 14.2. The summed E-state index contributed by atoms with van der Waals surface area (Å²) in [6.45, 7) is 2.62. The van der Waals surface area contributed by atoms with Crippen LogP contribution < -0.4 is 21.5 Å². The third-order valence-corrected chi connectivity index (χ3v) is 6.27. The number of amides is 1. The van der Waals surface area contributed by atoms with E-state index in [1.165, 1.54) is 12.1 Å². The zero-order valence-corrected chi connectivity index (χ0v) is 19.4. The number of fused-ring (bicyclic) bond motifs is 1. The Balaban J connectivity index is 1.52. The number of nitrogens with zero attached hydrogens (tertiary/aromatic N) is 3. The molecule has 0 aliphatic carbocycles. The van der Waals surface area contributed by atoms with Crippen LogP contribution in [0.15, 0.2) is 53.5 Å². The number of rotatable bonds is 4. The van der Waals surface area contributed by atoms with Crippen molar-refractivity contribution in [2.75, 3.05) is 18.8 Å². The smallest absolute Gasteiger partial charge is 0.298 e. The quantitative estimate of drug-likeness (QED) is 0.344. The molecule has 1 atom stereocenters. The maximum Gasteiger partial charge on any atom is 0.298 e. The summed E-state index contributed by atoms with van der Waals surface area (Å²) in [5, 5.41) is 6.85. The van der Waals surface area contributed by atoms with Crippen molar-refractivity contribution in [2.45, 2.75) is 19.3 Å². The molecule has 2 radical (unpaired) electrons. The number of halogens is 1. The third-order valence-electron chi connectivity index (χ3n) is 6.27. The topological polar surface area (TPSA) is 106 Å². The van der Waals surface area contributed by atoms with Gasteiger partial charge < -0.3 is 19.9 Å². The number of likely N-dealkylation sites (tertiary alicyclic amines) is 1. The van der Waals surface area contributed by atoms with Gasteiger partial charge in [0, 0.05) is 30.9 Å². The second-order valence-corrected chi connectivity index (χ2v) is 8.48. The molecule has 0 spiro atoms. The summed E-state index contributed by atoms with van der Waals surface area (Å²) in [4.78, 5) is 26.8. The lowest BCUT2D eigenvalue weighted by Gasteiger charge is -2.12. The average Bonchev–Trinajstić information content (AvgIpc) is 3.51. The summed E-state index contributed by atoms with van der Waals surface area (Å²) in [6, 6.07) is 11.5. The van der Waals surface area contributed by atoms with Crippen LogP contribution in [0, 0.1) is 17.7 Å². The molecule has 2 aromatic carbocycles. The molecular formula is C26H21BFN5O3. The lowest BCUT2D eigenvalue weighted by atomic mass is 9.95. The largest absolute Gasteiger partial charge is 0.454 e. The van der Waals surface area contributed by atoms with Gasteiger partial charge in [-0.25, -0.2) is 9.49 Å². The molecule has 1 amide bonds. The normalized spacial score (nSPS) is 15.1. The van der Waals surface area contributed by atoms with Gasteiger partial charge in [-0.1, -0.05) is 23.5 Å². The first kappa shape index (κ1) is 23.2. The summed E-state index contributed by atoms with van der Waals surface area (Å²) in [6.07, 6.45) is 2.55. The van der Waals surface area contributed by atoms with Crippen molar-refractivity contribution in [3.63, 3.8) is 0 Å². The highest BCUT2D eigenvalue weighted by Crippen LogP contribution is 2.35. The van der Waals surface area contributed by atoms with Crippen LogP contribution in [0.5, 0.6) is 11.5 Å². The van der Waals surface area contributed by atoms with Gasteiger partial charge in [0.25, 0.3) is 11.5 Å². The predicted molar refractivity (Wildman–Crippen MR) is 135 cm³/mol. The Labute approximate surface area is 207 Å². The summed E-state index contributed by atoms with van der Waals surface area (Å²) in [5.41, 5.74) is 7.79. The van der Waals surface area contributed by atoms with Crippen LogP contribution in [0.3, 0.4) is 0 Å². The van der Waals surface area contributed by atoms with Gasteiger partial charge in [-0.15, -0.1) is 0 Å². The third kappa shape index (κ3) is 4.09. The molecule has 4 aromatic rings. The monoisotopic (exact) mass is 481 g/mol. The number of ether oxygens (including phenoxy) is 1. The molecule has 0 unspecified atom stereocenters. The number of carbonyl (C=O) groups is 1. The molecule has 5 rings (SSSR count). The van der Waals surface area contributed by atoms with E-state index in [0.717, 1.165) is 5.56 Å². The van der Waals surface area contributed by atoms with Gasteiger partial charge >= 0.3 is 0 Å². The standard InChI is InChI=1S/C26H21BFN5O3/c1-2-4-21(34)32-12-11-15(13-32)18-14-33(24-22(18)26(35)31-30-25(24)29)16-7-9-17(10-8-16)36-20-6-3-5-19(27)23(20)28/h3,5-10,14-15H,11-13H2,1H3,(H2,29,30)(H,31,35)/t15-/m1/s1. The number of anilines is 1. The van der Waals surface area contributed by atoms with E-state index in [9.17, 15) is 14.0 Å². The van der Waals surface area contributed by atoms with Crippen molar-refractivity contribution in [3.8, 4) is 29.0 Å². The van der Waals surface area contributed by atoms with Crippen LogP contribution >= 0.6 is 0 Å². The number of aromatic nitrogens is 3. The van der Waals surface area contributed by atoms with Gasteiger partial charge in [0.1, 0.15) is 19.1 Å². The Bertz CT molecular complexity index is 1600. The summed E-state index contributed by atoms with van der Waals surface area (Å²) in [5.74, 6) is 4.87. The molecule has 8 nitrogen and oxygen atoms in total. The summed E-state index contributed by atoms with van der Waals surface area (Å²) >= 11 is 0. The first-order valence-electron chi connectivity index (χ1n) is 11.3.